The lowest BCUT2D eigenvalue weighted by Crippen LogP contribution is -2.18. The van der Waals surface area contributed by atoms with Crippen LogP contribution in [0, 0.1) is 5.82 Å². The average molecular weight is 239 g/mol. The summed E-state index contributed by atoms with van der Waals surface area (Å²) in [4.78, 5) is 0. The predicted molar refractivity (Wildman–Crippen MR) is 48.9 cm³/mol. The smallest absolute Gasteiger partial charge is 0.324 e. The van der Waals surface area contributed by atoms with Crippen LogP contribution in [0.4, 0.5) is 22.0 Å². The Kier molecular flexibility index (Phi) is 3.85. The van der Waals surface area contributed by atoms with Gasteiger partial charge in [-0.05, 0) is 24.1 Å². The maximum Gasteiger partial charge on any atom is 0.416 e. The van der Waals surface area contributed by atoms with E-state index in [2.05, 4.69) is 0 Å². The van der Waals surface area contributed by atoms with Crippen molar-refractivity contribution >= 4 is 0 Å². The molecule has 1 atom stereocenters. The van der Waals surface area contributed by atoms with Gasteiger partial charge in [-0.25, -0.2) is 4.39 Å². The average Bonchev–Trinajstić information content (AvgIpc) is 2.16. The summed E-state index contributed by atoms with van der Waals surface area (Å²) in [5.74, 6) is -0.997. The largest absolute Gasteiger partial charge is 0.416 e. The molecule has 0 bridgehead atoms. The molecule has 0 aliphatic carbocycles. The van der Waals surface area contributed by atoms with E-state index in [9.17, 15) is 22.0 Å². The Morgan fingerprint density at radius 2 is 1.88 bits per heavy atom. The first-order valence-corrected chi connectivity index (χ1v) is 4.54. The van der Waals surface area contributed by atoms with Gasteiger partial charge in [-0.1, -0.05) is 6.07 Å². The van der Waals surface area contributed by atoms with Gasteiger partial charge in [0.1, 0.15) is 5.82 Å². The number of hydrogen-bond donors (Lipinski definition) is 1. The molecular weight excluding hydrogens is 229 g/mol. The standard InChI is InChI=1S/C10H10F5N/c11-4-3-9(16)7-2-1-6(12)5-8(7)10(13,14)15/h1-2,5,9H,3-4,16H2/t9-/m1/s1. The number of halogens is 5. The maximum atomic E-state index is 12.7. The SMILES string of the molecule is N[C@H](CCF)c1ccc(F)cc1C(F)(F)F. The molecule has 1 aromatic carbocycles. The molecule has 90 valence electrons. The van der Waals surface area contributed by atoms with Gasteiger partial charge in [0.25, 0.3) is 0 Å². The molecule has 0 heterocycles. The molecule has 16 heavy (non-hydrogen) atoms. The number of rotatable bonds is 3. The first-order chi connectivity index (χ1) is 7.36. The van der Waals surface area contributed by atoms with Crippen molar-refractivity contribution in [3.8, 4) is 0 Å². The Morgan fingerprint density at radius 3 is 2.38 bits per heavy atom. The zero-order chi connectivity index (χ0) is 12.3. The molecule has 0 spiro atoms. The highest BCUT2D eigenvalue weighted by Gasteiger charge is 2.34. The number of hydrogen-bond acceptors (Lipinski definition) is 1. The van der Waals surface area contributed by atoms with Crippen LogP contribution in [0.2, 0.25) is 0 Å². The summed E-state index contributed by atoms with van der Waals surface area (Å²) in [6.45, 7) is -0.824. The zero-order valence-electron chi connectivity index (χ0n) is 8.19. The van der Waals surface area contributed by atoms with E-state index in [0.29, 0.717) is 6.07 Å². The van der Waals surface area contributed by atoms with E-state index in [4.69, 9.17) is 5.73 Å². The Balaban J connectivity index is 3.18. The third kappa shape index (κ3) is 2.91. The zero-order valence-corrected chi connectivity index (χ0v) is 8.19. The lowest BCUT2D eigenvalue weighted by Gasteiger charge is -2.17. The quantitative estimate of drug-likeness (QED) is 0.805. The fourth-order valence-corrected chi connectivity index (χ4v) is 1.37. The van der Waals surface area contributed by atoms with Crippen LogP contribution in [-0.4, -0.2) is 6.67 Å². The molecule has 0 saturated heterocycles. The van der Waals surface area contributed by atoms with Gasteiger partial charge >= 0.3 is 6.18 Å². The second-order valence-corrected chi connectivity index (χ2v) is 3.31. The summed E-state index contributed by atoms with van der Waals surface area (Å²) in [7, 11) is 0. The van der Waals surface area contributed by atoms with Crippen LogP contribution in [0.1, 0.15) is 23.6 Å². The van der Waals surface area contributed by atoms with Crippen molar-refractivity contribution in [2.45, 2.75) is 18.6 Å². The molecule has 1 rings (SSSR count). The molecule has 6 heteroatoms. The molecule has 1 aromatic rings. The second kappa shape index (κ2) is 4.78. The number of benzene rings is 1. The highest BCUT2D eigenvalue weighted by atomic mass is 19.4. The molecule has 2 N–H and O–H groups in total. The van der Waals surface area contributed by atoms with Crippen molar-refractivity contribution < 1.29 is 22.0 Å². The molecule has 0 aliphatic heterocycles. The summed E-state index contributed by atoms with van der Waals surface area (Å²) in [5.41, 5.74) is 3.96. The van der Waals surface area contributed by atoms with E-state index >= 15 is 0 Å². The molecule has 0 radical (unpaired) electrons. The van der Waals surface area contributed by atoms with Gasteiger partial charge in [0.15, 0.2) is 0 Å². The minimum absolute atomic E-state index is 0.227. The normalized spacial score (nSPS) is 13.9. The van der Waals surface area contributed by atoms with Crippen LogP contribution in [-0.2, 0) is 6.18 Å². The number of alkyl halides is 4. The van der Waals surface area contributed by atoms with Crippen molar-refractivity contribution in [2.24, 2.45) is 5.73 Å². The molecule has 0 aromatic heterocycles. The topological polar surface area (TPSA) is 26.0 Å². The number of nitrogens with two attached hydrogens (primary N) is 1. The van der Waals surface area contributed by atoms with Crippen molar-refractivity contribution in [1.29, 1.82) is 0 Å². The molecule has 0 saturated carbocycles. The molecule has 0 aliphatic rings. The highest BCUT2D eigenvalue weighted by Crippen LogP contribution is 2.35. The predicted octanol–water partition coefficient (Wildman–Crippen LogP) is 3.20. The van der Waals surface area contributed by atoms with Crippen LogP contribution in [0.3, 0.4) is 0 Å². The summed E-state index contributed by atoms with van der Waals surface area (Å²) in [6.07, 6.45) is -4.92. The van der Waals surface area contributed by atoms with Crippen LogP contribution >= 0.6 is 0 Å². The fraction of sp³-hybridized carbons (Fsp3) is 0.400. The molecule has 0 amide bonds. The summed E-state index contributed by atoms with van der Waals surface area (Å²) < 4.78 is 62.3. The third-order valence-electron chi connectivity index (χ3n) is 2.14. The minimum atomic E-state index is -4.69. The van der Waals surface area contributed by atoms with Crippen molar-refractivity contribution in [2.75, 3.05) is 6.67 Å². The van der Waals surface area contributed by atoms with Crippen LogP contribution in [0.5, 0.6) is 0 Å². The molecule has 0 fully saturated rings. The van der Waals surface area contributed by atoms with Crippen LogP contribution in [0.15, 0.2) is 18.2 Å². The van der Waals surface area contributed by atoms with Gasteiger partial charge in [-0.2, -0.15) is 13.2 Å². The van der Waals surface area contributed by atoms with Gasteiger partial charge in [-0.3, -0.25) is 4.39 Å². The van der Waals surface area contributed by atoms with Crippen LogP contribution < -0.4 is 5.73 Å². The highest BCUT2D eigenvalue weighted by molar-refractivity contribution is 5.32. The fourth-order valence-electron chi connectivity index (χ4n) is 1.37. The van der Waals surface area contributed by atoms with Gasteiger partial charge in [-0.15, -0.1) is 0 Å². The van der Waals surface area contributed by atoms with Crippen LogP contribution in [0.25, 0.3) is 0 Å². The summed E-state index contributed by atoms with van der Waals surface area (Å²) in [6, 6.07) is 1.11. The van der Waals surface area contributed by atoms with Gasteiger partial charge < -0.3 is 5.73 Å². The van der Waals surface area contributed by atoms with E-state index in [1.54, 1.807) is 0 Å². The lowest BCUT2D eigenvalue weighted by molar-refractivity contribution is -0.138. The Bertz CT molecular complexity index is 361. The third-order valence-corrected chi connectivity index (χ3v) is 2.14. The molecular formula is C10H10F5N. The van der Waals surface area contributed by atoms with E-state index in [-0.39, 0.29) is 12.0 Å². The molecule has 0 unspecified atom stereocenters. The van der Waals surface area contributed by atoms with E-state index < -0.39 is 30.3 Å². The molecule has 1 nitrogen and oxygen atoms in total. The van der Waals surface area contributed by atoms with Gasteiger partial charge in [0, 0.05) is 6.04 Å². The minimum Gasteiger partial charge on any atom is -0.324 e. The van der Waals surface area contributed by atoms with Gasteiger partial charge in [0.2, 0.25) is 0 Å². The Hall–Kier alpha value is -1.17. The van der Waals surface area contributed by atoms with E-state index in [0.717, 1.165) is 12.1 Å². The van der Waals surface area contributed by atoms with E-state index in [1.165, 1.54) is 0 Å². The van der Waals surface area contributed by atoms with Gasteiger partial charge in [0.05, 0.1) is 12.2 Å². The Labute approximate surface area is 89.1 Å². The first-order valence-electron chi connectivity index (χ1n) is 4.54. The Morgan fingerprint density at radius 1 is 1.25 bits per heavy atom. The van der Waals surface area contributed by atoms with Crippen molar-refractivity contribution in [3.05, 3.63) is 35.1 Å². The van der Waals surface area contributed by atoms with Crippen molar-refractivity contribution in [3.63, 3.8) is 0 Å². The maximum absolute atomic E-state index is 12.7. The van der Waals surface area contributed by atoms with E-state index in [1.807, 2.05) is 0 Å². The second-order valence-electron chi connectivity index (χ2n) is 3.31. The summed E-state index contributed by atoms with van der Waals surface area (Å²) >= 11 is 0. The van der Waals surface area contributed by atoms with Crippen molar-refractivity contribution in [1.82, 2.24) is 0 Å². The first kappa shape index (κ1) is 12.9. The summed E-state index contributed by atoms with van der Waals surface area (Å²) in [5, 5.41) is 0. The lowest BCUT2D eigenvalue weighted by atomic mass is 9.98. The monoisotopic (exact) mass is 239 g/mol.